The number of amides is 1. The van der Waals surface area contributed by atoms with Crippen LogP contribution in [0.3, 0.4) is 0 Å². The first kappa shape index (κ1) is 22.2. The van der Waals surface area contributed by atoms with Gasteiger partial charge in [-0.05, 0) is 56.5 Å². The minimum Gasteiger partial charge on any atom is -0.387 e. The van der Waals surface area contributed by atoms with E-state index >= 15 is 0 Å². The van der Waals surface area contributed by atoms with Crippen molar-refractivity contribution in [2.75, 3.05) is 18.4 Å². The number of anilines is 1. The number of halogens is 1. The van der Waals surface area contributed by atoms with Gasteiger partial charge in [-0.15, -0.1) is 0 Å². The SMILES string of the molecule is Cc1nn(-c2ccccc2)c(C)c1NC(=O)CCN(CC(O)c1ccc(F)cc1)C1CC1. The molecular weight excluding hydrogens is 407 g/mol. The third-order valence-electron chi connectivity index (χ3n) is 5.91. The Morgan fingerprint density at radius 2 is 1.88 bits per heavy atom. The Morgan fingerprint density at radius 1 is 1.19 bits per heavy atom. The van der Waals surface area contributed by atoms with Gasteiger partial charge in [0.25, 0.3) is 0 Å². The third kappa shape index (κ3) is 5.23. The molecule has 1 atom stereocenters. The van der Waals surface area contributed by atoms with Crippen LogP contribution < -0.4 is 5.32 Å². The van der Waals surface area contributed by atoms with Crippen LogP contribution in [0.25, 0.3) is 5.69 Å². The molecule has 1 aromatic heterocycles. The molecule has 0 spiro atoms. The highest BCUT2D eigenvalue weighted by Gasteiger charge is 2.30. The zero-order valence-electron chi connectivity index (χ0n) is 18.5. The van der Waals surface area contributed by atoms with Crippen molar-refractivity contribution in [2.45, 2.75) is 45.3 Å². The maximum Gasteiger partial charge on any atom is 0.225 e. The highest BCUT2D eigenvalue weighted by Crippen LogP contribution is 2.29. The first-order valence-corrected chi connectivity index (χ1v) is 11.0. The number of aromatic nitrogens is 2. The van der Waals surface area contributed by atoms with E-state index in [0.717, 1.165) is 35.6 Å². The fraction of sp³-hybridized carbons (Fsp3) is 0.360. The summed E-state index contributed by atoms with van der Waals surface area (Å²) in [4.78, 5) is 14.9. The minimum atomic E-state index is -0.715. The summed E-state index contributed by atoms with van der Waals surface area (Å²) in [5.41, 5.74) is 4.02. The monoisotopic (exact) mass is 436 g/mol. The summed E-state index contributed by atoms with van der Waals surface area (Å²) in [6.07, 6.45) is 1.75. The molecule has 1 aliphatic rings. The molecule has 1 unspecified atom stereocenters. The fourth-order valence-corrected chi connectivity index (χ4v) is 3.97. The number of carbonyl (C=O) groups excluding carboxylic acids is 1. The highest BCUT2D eigenvalue weighted by atomic mass is 19.1. The molecule has 0 radical (unpaired) electrons. The van der Waals surface area contributed by atoms with Crippen LogP contribution in [0.5, 0.6) is 0 Å². The van der Waals surface area contributed by atoms with Gasteiger partial charge in [0.15, 0.2) is 0 Å². The number of rotatable bonds is 9. The van der Waals surface area contributed by atoms with Crippen LogP contribution >= 0.6 is 0 Å². The van der Waals surface area contributed by atoms with Crippen molar-refractivity contribution >= 4 is 11.6 Å². The number of para-hydroxylation sites is 1. The molecule has 1 amide bonds. The van der Waals surface area contributed by atoms with E-state index < -0.39 is 6.10 Å². The smallest absolute Gasteiger partial charge is 0.225 e. The van der Waals surface area contributed by atoms with Crippen molar-refractivity contribution < 1.29 is 14.3 Å². The van der Waals surface area contributed by atoms with Gasteiger partial charge in [0.1, 0.15) is 5.82 Å². The predicted molar refractivity (Wildman–Crippen MR) is 122 cm³/mol. The van der Waals surface area contributed by atoms with Gasteiger partial charge in [0.05, 0.1) is 28.9 Å². The normalized spacial score (nSPS) is 14.5. The Hall–Kier alpha value is -3.03. The van der Waals surface area contributed by atoms with E-state index in [4.69, 9.17) is 0 Å². The number of carbonyl (C=O) groups is 1. The summed E-state index contributed by atoms with van der Waals surface area (Å²) in [5.74, 6) is -0.399. The van der Waals surface area contributed by atoms with Crippen LogP contribution in [0.1, 0.15) is 42.3 Å². The molecule has 3 aromatic rings. The Bertz CT molecular complexity index is 1060. The van der Waals surface area contributed by atoms with E-state index in [-0.39, 0.29) is 11.7 Å². The van der Waals surface area contributed by atoms with Crippen molar-refractivity contribution in [3.8, 4) is 5.69 Å². The van der Waals surface area contributed by atoms with E-state index in [0.29, 0.717) is 31.1 Å². The van der Waals surface area contributed by atoms with Gasteiger partial charge in [-0.25, -0.2) is 9.07 Å². The van der Waals surface area contributed by atoms with Crippen LogP contribution in [-0.2, 0) is 4.79 Å². The first-order chi connectivity index (χ1) is 15.4. The quantitative estimate of drug-likeness (QED) is 0.529. The van der Waals surface area contributed by atoms with Crippen molar-refractivity contribution in [1.29, 1.82) is 0 Å². The maximum absolute atomic E-state index is 13.2. The second kappa shape index (κ2) is 9.63. The van der Waals surface area contributed by atoms with Gasteiger partial charge in [-0.1, -0.05) is 30.3 Å². The molecule has 2 aromatic carbocycles. The number of nitrogens with one attached hydrogen (secondary N) is 1. The molecule has 1 fully saturated rings. The molecule has 2 N–H and O–H groups in total. The summed E-state index contributed by atoms with van der Waals surface area (Å²) < 4.78 is 15.0. The van der Waals surface area contributed by atoms with E-state index in [1.807, 2.05) is 48.9 Å². The van der Waals surface area contributed by atoms with Crippen LogP contribution in [0.4, 0.5) is 10.1 Å². The lowest BCUT2D eigenvalue weighted by Gasteiger charge is -2.25. The summed E-state index contributed by atoms with van der Waals surface area (Å²) in [6.45, 7) is 4.81. The Morgan fingerprint density at radius 3 is 2.53 bits per heavy atom. The van der Waals surface area contributed by atoms with E-state index in [9.17, 15) is 14.3 Å². The van der Waals surface area contributed by atoms with E-state index in [1.54, 1.807) is 12.1 Å². The van der Waals surface area contributed by atoms with Crippen molar-refractivity contribution in [2.24, 2.45) is 0 Å². The number of benzene rings is 2. The Labute approximate surface area is 187 Å². The molecule has 6 nitrogen and oxygen atoms in total. The standard InChI is InChI=1S/C25H29FN4O2/c1-17-25(18(2)30(28-17)22-6-4-3-5-7-22)27-24(32)14-15-29(21-12-13-21)16-23(31)19-8-10-20(26)11-9-19/h3-11,21,23,31H,12-16H2,1-2H3,(H,27,32). The molecule has 4 rings (SSSR count). The number of aryl methyl sites for hydroxylation is 1. The molecule has 168 valence electrons. The van der Waals surface area contributed by atoms with Gasteiger partial charge in [-0.2, -0.15) is 5.10 Å². The molecule has 7 heteroatoms. The van der Waals surface area contributed by atoms with Gasteiger partial charge >= 0.3 is 0 Å². The van der Waals surface area contributed by atoms with E-state index in [2.05, 4.69) is 15.3 Å². The summed E-state index contributed by atoms with van der Waals surface area (Å²) in [6, 6.07) is 16.1. The Kier molecular flexibility index (Phi) is 6.67. The zero-order chi connectivity index (χ0) is 22.7. The first-order valence-electron chi connectivity index (χ1n) is 11.0. The van der Waals surface area contributed by atoms with Crippen molar-refractivity contribution in [3.63, 3.8) is 0 Å². The number of aliphatic hydroxyl groups excluding tert-OH is 1. The predicted octanol–water partition coefficient (Wildman–Crippen LogP) is 4.15. The number of hydrogen-bond donors (Lipinski definition) is 2. The van der Waals surface area contributed by atoms with Gasteiger partial charge in [0.2, 0.25) is 5.91 Å². The lowest BCUT2D eigenvalue weighted by molar-refractivity contribution is -0.116. The summed E-state index contributed by atoms with van der Waals surface area (Å²) >= 11 is 0. The van der Waals surface area contributed by atoms with Crippen LogP contribution in [0.2, 0.25) is 0 Å². The molecule has 1 heterocycles. The van der Waals surface area contributed by atoms with Crippen molar-refractivity contribution in [3.05, 3.63) is 77.4 Å². The lowest BCUT2D eigenvalue weighted by Crippen LogP contribution is -2.33. The fourth-order valence-electron chi connectivity index (χ4n) is 3.97. The van der Waals surface area contributed by atoms with Crippen LogP contribution in [0, 0.1) is 19.7 Å². The minimum absolute atomic E-state index is 0.0780. The number of aliphatic hydroxyl groups is 1. The molecule has 0 aliphatic heterocycles. The molecule has 1 aliphatic carbocycles. The second-order valence-corrected chi connectivity index (χ2v) is 8.38. The summed E-state index contributed by atoms with van der Waals surface area (Å²) in [7, 11) is 0. The third-order valence-corrected chi connectivity index (χ3v) is 5.91. The average Bonchev–Trinajstić information content (AvgIpc) is 3.60. The average molecular weight is 437 g/mol. The zero-order valence-corrected chi connectivity index (χ0v) is 18.5. The van der Waals surface area contributed by atoms with Gasteiger partial charge in [-0.3, -0.25) is 9.69 Å². The molecule has 1 saturated carbocycles. The molecule has 0 bridgehead atoms. The number of nitrogens with zero attached hydrogens (tertiary/aromatic N) is 3. The van der Waals surface area contributed by atoms with E-state index in [1.165, 1.54) is 12.1 Å². The molecule has 32 heavy (non-hydrogen) atoms. The van der Waals surface area contributed by atoms with Crippen LogP contribution in [-0.4, -0.2) is 44.8 Å². The topological polar surface area (TPSA) is 70.4 Å². The largest absolute Gasteiger partial charge is 0.387 e. The van der Waals surface area contributed by atoms with Gasteiger partial charge in [0, 0.05) is 25.6 Å². The number of hydrogen-bond acceptors (Lipinski definition) is 4. The maximum atomic E-state index is 13.2. The Balaban J connectivity index is 1.36. The highest BCUT2D eigenvalue weighted by molar-refractivity contribution is 5.92. The summed E-state index contributed by atoms with van der Waals surface area (Å²) in [5, 5.41) is 18.2. The molecular formula is C25H29FN4O2. The van der Waals surface area contributed by atoms with Gasteiger partial charge < -0.3 is 10.4 Å². The second-order valence-electron chi connectivity index (χ2n) is 8.38. The van der Waals surface area contributed by atoms with Crippen LogP contribution in [0.15, 0.2) is 54.6 Å². The van der Waals surface area contributed by atoms with Crippen molar-refractivity contribution in [1.82, 2.24) is 14.7 Å². The lowest BCUT2D eigenvalue weighted by atomic mass is 10.1. The molecule has 0 saturated heterocycles.